The van der Waals surface area contributed by atoms with Gasteiger partial charge < -0.3 is 10.1 Å². The number of nitro groups is 1. The number of hydrogen-bond donors (Lipinski definition) is 1. The Morgan fingerprint density at radius 1 is 1.11 bits per heavy atom. The minimum absolute atomic E-state index is 0.0882. The number of thioether (sulfide) groups is 1. The molecule has 0 aliphatic rings. The van der Waals surface area contributed by atoms with Crippen LogP contribution in [0, 0.1) is 17.0 Å². The number of carbonyl (C=O) groups is 1. The number of sulfonamides is 1. The van der Waals surface area contributed by atoms with E-state index in [0.717, 1.165) is 38.4 Å². The molecule has 3 rings (SSSR count). The minimum Gasteiger partial charge on any atom is -0.495 e. The van der Waals surface area contributed by atoms with Gasteiger partial charge in [0.05, 0.1) is 18.3 Å². The normalized spacial score (nSPS) is 11.1. The summed E-state index contributed by atoms with van der Waals surface area (Å²) in [4.78, 5) is 24.5. The van der Waals surface area contributed by atoms with Crippen molar-refractivity contribution < 1.29 is 22.9 Å². The maximum Gasteiger partial charge on any atom is 0.271 e. The van der Waals surface area contributed by atoms with Gasteiger partial charge in [-0.05, 0) is 42.3 Å². The number of anilines is 2. The molecular weight excluding hydrogens is 490 g/mol. The Bertz CT molecular complexity index is 1330. The second-order valence-electron chi connectivity index (χ2n) is 7.68. The SMILES string of the molecule is COc1ccc([N+](=O)[O-])cc1N(CC(=O)Nc1ccc(CSc2ccccc2)cc1C)S(C)(=O)=O. The molecule has 0 fully saturated rings. The molecule has 0 aromatic heterocycles. The number of nitro benzene ring substituents is 1. The molecule has 0 saturated heterocycles. The van der Waals surface area contributed by atoms with Crippen LogP contribution in [0.25, 0.3) is 0 Å². The second kappa shape index (κ2) is 11.2. The highest BCUT2D eigenvalue weighted by molar-refractivity contribution is 7.98. The van der Waals surface area contributed by atoms with Gasteiger partial charge in [0.1, 0.15) is 18.0 Å². The fourth-order valence-electron chi connectivity index (χ4n) is 3.33. The lowest BCUT2D eigenvalue weighted by atomic mass is 10.1. The lowest BCUT2D eigenvalue weighted by Crippen LogP contribution is -2.37. The molecular formula is C24H25N3O6S2. The molecule has 0 radical (unpaired) electrons. The summed E-state index contributed by atoms with van der Waals surface area (Å²) in [7, 11) is -2.65. The molecule has 0 saturated carbocycles. The van der Waals surface area contributed by atoms with Crippen molar-refractivity contribution in [1.82, 2.24) is 0 Å². The Labute approximate surface area is 208 Å². The first kappa shape index (κ1) is 26.0. The highest BCUT2D eigenvalue weighted by Crippen LogP contribution is 2.33. The van der Waals surface area contributed by atoms with Crippen molar-refractivity contribution in [2.45, 2.75) is 17.6 Å². The van der Waals surface area contributed by atoms with E-state index in [9.17, 15) is 23.3 Å². The molecule has 11 heteroatoms. The van der Waals surface area contributed by atoms with Gasteiger partial charge in [-0.2, -0.15) is 0 Å². The third-order valence-electron chi connectivity index (χ3n) is 5.04. The quantitative estimate of drug-likeness (QED) is 0.238. The molecule has 0 heterocycles. The van der Waals surface area contributed by atoms with Crippen molar-refractivity contribution in [1.29, 1.82) is 0 Å². The monoisotopic (exact) mass is 515 g/mol. The van der Waals surface area contributed by atoms with Crippen LogP contribution in [0.5, 0.6) is 5.75 Å². The van der Waals surface area contributed by atoms with Crippen LogP contribution in [0.2, 0.25) is 0 Å². The van der Waals surface area contributed by atoms with Gasteiger partial charge in [-0.15, -0.1) is 11.8 Å². The topological polar surface area (TPSA) is 119 Å². The fraction of sp³-hybridized carbons (Fsp3) is 0.208. The Morgan fingerprint density at radius 2 is 1.83 bits per heavy atom. The molecule has 184 valence electrons. The average molecular weight is 516 g/mol. The Kier molecular flexibility index (Phi) is 8.36. The summed E-state index contributed by atoms with van der Waals surface area (Å²) in [5.74, 6) is 0.247. The van der Waals surface area contributed by atoms with Crippen LogP contribution in [0.15, 0.2) is 71.6 Å². The Hall–Kier alpha value is -3.57. The van der Waals surface area contributed by atoms with Crippen LogP contribution in [-0.2, 0) is 20.6 Å². The van der Waals surface area contributed by atoms with E-state index in [1.165, 1.54) is 19.2 Å². The second-order valence-corrected chi connectivity index (χ2v) is 10.6. The highest BCUT2D eigenvalue weighted by atomic mass is 32.2. The minimum atomic E-state index is -3.96. The van der Waals surface area contributed by atoms with Crippen molar-refractivity contribution >= 4 is 44.8 Å². The van der Waals surface area contributed by atoms with E-state index >= 15 is 0 Å². The molecule has 0 atom stereocenters. The van der Waals surface area contributed by atoms with E-state index in [1.54, 1.807) is 17.8 Å². The first-order chi connectivity index (χ1) is 16.6. The Morgan fingerprint density at radius 3 is 2.43 bits per heavy atom. The van der Waals surface area contributed by atoms with Crippen molar-refractivity contribution in [2.75, 3.05) is 29.5 Å². The van der Waals surface area contributed by atoms with Crippen molar-refractivity contribution in [3.05, 3.63) is 88.0 Å². The largest absolute Gasteiger partial charge is 0.495 e. The molecule has 0 bridgehead atoms. The number of nitrogens with one attached hydrogen (secondary N) is 1. The van der Waals surface area contributed by atoms with Gasteiger partial charge in [-0.3, -0.25) is 19.2 Å². The van der Waals surface area contributed by atoms with E-state index in [-0.39, 0.29) is 17.1 Å². The third kappa shape index (κ3) is 6.96. The Balaban J connectivity index is 1.76. The molecule has 0 aliphatic carbocycles. The number of hydrogen-bond acceptors (Lipinski definition) is 7. The van der Waals surface area contributed by atoms with E-state index in [4.69, 9.17) is 4.74 Å². The van der Waals surface area contributed by atoms with E-state index in [2.05, 4.69) is 5.32 Å². The lowest BCUT2D eigenvalue weighted by molar-refractivity contribution is -0.384. The zero-order valence-electron chi connectivity index (χ0n) is 19.4. The zero-order chi connectivity index (χ0) is 25.6. The average Bonchev–Trinajstić information content (AvgIpc) is 2.82. The molecule has 3 aromatic rings. The number of rotatable bonds is 10. The predicted molar refractivity (Wildman–Crippen MR) is 138 cm³/mol. The summed E-state index contributed by atoms with van der Waals surface area (Å²) in [5, 5.41) is 13.9. The van der Waals surface area contributed by atoms with E-state index in [0.29, 0.717) is 5.69 Å². The summed E-state index contributed by atoms with van der Waals surface area (Å²) in [6.45, 7) is 1.27. The summed E-state index contributed by atoms with van der Waals surface area (Å²) in [5.41, 5.74) is 2.03. The van der Waals surface area contributed by atoms with Crippen molar-refractivity contribution in [2.24, 2.45) is 0 Å². The number of ether oxygens (including phenoxy) is 1. The fourth-order valence-corrected chi connectivity index (χ4v) is 5.04. The van der Waals surface area contributed by atoms with Gasteiger partial charge in [0.15, 0.2) is 0 Å². The number of methoxy groups -OCH3 is 1. The van der Waals surface area contributed by atoms with E-state index in [1.807, 2.05) is 49.4 Å². The van der Waals surface area contributed by atoms with Gasteiger partial charge in [-0.1, -0.05) is 30.3 Å². The summed E-state index contributed by atoms with van der Waals surface area (Å²) in [6.07, 6.45) is 0.920. The van der Waals surface area contributed by atoms with Crippen molar-refractivity contribution in [3.8, 4) is 5.75 Å². The number of non-ortho nitro benzene ring substituents is 1. The van der Waals surface area contributed by atoms with Crippen LogP contribution >= 0.6 is 11.8 Å². The van der Waals surface area contributed by atoms with Crippen molar-refractivity contribution in [3.63, 3.8) is 0 Å². The van der Waals surface area contributed by atoms with Crippen LogP contribution in [0.3, 0.4) is 0 Å². The van der Waals surface area contributed by atoms with Crippen LogP contribution in [0.1, 0.15) is 11.1 Å². The number of amides is 1. The molecule has 35 heavy (non-hydrogen) atoms. The number of benzene rings is 3. The number of carbonyl (C=O) groups excluding carboxylic acids is 1. The molecule has 3 aromatic carbocycles. The molecule has 1 amide bonds. The predicted octanol–water partition coefficient (Wildman–Crippen LogP) is 4.61. The van der Waals surface area contributed by atoms with Gasteiger partial charge >= 0.3 is 0 Å². The van der Waals surface area contributed by atoms with Gasteiger partial charge in [0.25, 0.3) is 5.69 Å². The lowest BCUT2D eigenvalue weighted by Gasteiger charge is -2.23. The van der Waals surface area contributed by atoms with Gasteiger partial charge in [0, 0.05) is 28.5 Å². The van der Waals surface area contributed by atoms with Crippen LogP contribution < -0.4 is 14.4 Å². The van der Waals surface area contributed by atoms with E-state index < -0.39 is 27.4 Å². The molecule has 0 unspecified atom stereocenters. The van der Waals surface area contributed by atoms with Crippen LogP contribution in [-0.4, -0.2) is 39.2 Å². The first-order valence-electron chi connectivity index (χ1n) is 10.5. The first-order valence-corrected chi connectivity index (χ1v) is 13.3. The summed E-state index contributed by atoms with van der Waals surface area (Å²) < 4.78 is 30.9. The third-order valence-corrected chi connectivity index (χ3v) is 7.25. The molecule has 1 N–H and O–H groups in total. The standard InChI is InChI=1S/C24H25N3O6S2/c1-17-13-18(16-34-20-7-5-4-6-8-20)9-11-21(17)25-24(28)15-26(35(3,31)32)22-14-19(27(29)30)10-12-23(22)33-2/h4-14H,15-16H2,1-3H3,(H,25,28). The zero-order valence-corrected chi connectivity index (χ0v) is 21.1. The summed E-state index contributed by atoms with van der Waals surface area (Å²) >= 11 is 1.70. The van der Waals surface area contributed by atoms with Gasteiger partial charge in [0.2, 0.25) is 15.9 Å². The molecule has 9 nitrogen and oxygen atoms in total. The van der Waals surface area contributed by atoms with Crippen LogP contribution in [0.4, 0.5) is 17.1 Å². The van der Waals surface area contributed by atoms with Gasteiger partial charge in [-0.25, -0.2) is 8.42 Å². The summed E-state index contributed by atoms with van der Waals surface area (Å²) in [6, 6.07) is 19.2. The maximum absolute atomic E-state index is 12.8. The maximum atomic E-state index is 12.8. The number of nitrogens with zero attached hydrogens (tertiary/aromatic N) is 2. The smallest absolute Gasteiger partial charge is 0.271 e. The molecule has 0 aliphatic heterocycles. The number of aryl methyl sites for hydroxylation is 1. The highest BCUT2D eigenvalue weighted by Gasteiger charge is 2.26. The molecule has 0 spiro atoms.